The summed E-state index contributed by atoms with van der Waals surface area (Å²) in [6.07, 6.45) is 6.10. The van der Waals surface area contributed by atoms with Gasteiger partial charge in [0.05, 0.1) is 20.8 Å². The summed E-state index contributed by atoms with van der Waals surface area (Å²) in [5.41, 5.74) is 7.38. The van der Waals surface area contributed by atoms with E-state index in [1.807, 2.05) is 18.2 Å². The van der Waals surface area contributed by atoms with Gasteiger partial charge >= 0.3 is 0 Å². The third-order valence-corrected chi connectivity index (χ3v) is 5.03. The van der Waals surface area contributed by atoms with Crippen LogP contribution in [0.1, 0.15) is 37.7 Å². The highest BCUT2D eigenvalue weighted by Crippen LogP contribution is 2.40. The van der Waals surface area contributed by atoms with Gasteiger partial charge in [-0.3, -0.25) is 0 Å². The summed E-state index contributed by atoms with van der Waals surface area (Å²) in [5, 5.41) is 3.31. The Labute approximate surface area is 173 Å². The van der Waals surface area contributed by atoms with Crippen LogP contribution in [0.3, 0.4) is 0 Å². The molecule has 0 bridgehead atoms. The van der Waals surface area contributed by atoms with E-state index in [4.69, 9.17) is 19.9 Å². The molecule has 1 aliphatic rings. The van der Waals surface area contributed by atoms with Crippen molar-refractivity contribution in [1.29, 1.82) is 0 Å². The van der Waals surface area contributed by atoms with Gasteiger partial charge in [-0.25, -0.2) is 4.99 Å². The zero-order valence-electron chi connectivity index (χ0n) is 16.0. The molecule has 0 atom stereocenters. The van der Waals surface area contributed by atoms with E-state index in [-0.39, 0.29) is 24.0 Å². The minimum Gasteiger partial charge on any atom is -0.493 e. The Balaban J connectivity index is 0.00000338. The molecule has 1 aromatic rings. The van der Waals surface area contributed by atoms with Gasteiger partial charge in [0, 0.05) is 20.3 Å². The Morgan fingerprint density at radius 3 is 2.46 bits per heavy atom. The highest BCUT2D eigenvalue weighted by atomic mass is 127. The number of nitrogens with two attached hydrogens (primary N) is 1. The van der Waals surface area contributed by atoms with Crippen LogP contribution in [-0.2, 0) is 11.3 Å². The molecule has 0 saturated heterocycles. The van der Waals surface area contributed by atoms with Crippen LogP contribution in [0.2, 0.25) is 0 Å². The molecule has 0 radical (unpaired) electrons. The van der Waals surface area contributed by atoms with Crippen molar-refractivity contribution in [2.75, 3.05) is 34.5 Å². The zero-order chi connectivity index (χ0) is 18.1. The first-order chi connectivity index (χ1) is 12.1. The molecule has 0 aliphatic heterocycles. The number of benzene rings is 1. The fourth-order valence-electron chi connectivity index (χ4n) is 3.45. The van der Waals surface area contributed by atoms with Crippen molar-refractivity contribution < 1.29 is 14.2 Å². The van der Waals surface area contributed by atoms with E-state index in [1.165, 1.54) is 25.7 Å². The maximum Gasteiger partial charge on any atom is 0.188 e. The van der Waals surface area contributed by atoms with Crippen molar-refractivity contribution in [3.8, 4) is 11.5 Å². The summed E-state index contributed by atoms with van der Waals surface area (Å²) in [6.45, 7) is 2.16. The van der Waals surface area contributed by atoms with Gasteiger partial charge < -0.3 is 25.3 Å². The van der Waals surface area contributed by atoms with Crippen molar-refractivity contribution >= 4 is 29.9 Å². The van der Waals surface area contributed by atoms with Crippen LogP contribution in [-0.4, -0.2) is 40.4 Å². The molecule has 0 aromatic heterocycles. The Bertz CT molecular complexity index is 575. The first kappa shape index (κ1) is 22.8. The first-order valence-electron chi connectivity index (χ1n) is 8.86. The molecule has 26 heavy (non-hydrogen) atoms. The van der Waals surface area contributed by atoms with Gasteiger partial charge in [0.2, 0.25) is 0 Å². The number of rotatable bonds is 9. The lowest BCUT2D eigenvalue weighted by Crippen LogP contribution is -2.40. The van der Waals surface area contributed by atoms with Gasteiger partial charge in [0.25, 0.3) is 0 Å². The lowest BCUT2D eigenvalue weighted by molar-refractivity contribution is 0.138. The molecule has 7 heteroatoms. The molecule has 1 saturated carbocycles. The summed E-state index contributed by atoms with van der Waals surface area (Å²) >= 11 is 0. The van der Waals surface area contributed by atoms with Gasteiger partial charge in [0.15, 0.2) is 17.5 Å². The molecule has 1 aliphatic carbocycles. The molecule has 1 fully saturated rings. The minimum absolute atomic E-state index is 0. The zero-order valence-corrected chi connectivity index (χ0v) is 18.4. The largest absolute Gasteiger partial charge is 0.493 e. The van der Waals surface area contributed by atoms with Crippen molar-refractivity contribution in [3.05, 3.63) is 23.8 Å². The van der Waals surface area contributed by atoms with E-state index >= 15 is 0 Å². The van der Waals surface area contributed by atoms with Crippen LogP contribution in [0, 0.1) is 5.41 Å². The van der Waals surface area contributed by atoms with E-state index in [9.17, 15) is 0 Å². The molecule has 0 amide bonds. The maximum atomic E-state index is 6.07. The molecular weight excluding hydrogens is 445 g/mol. The number of ether oxygens (including phenoxy) is 3. The fraction of sp³-hybridized carbons (Fsp3) is 0.632. The molecule has 3 N–H and O–H groups in total. The summed E-state index contributed by atoms with van der Waals surface area (Å²) in [7, 11) is 5.01. The molecule has 0 unspecified atom stereocenters. The van der Waals surface area contributed by atoms with Crippen molar-refractivity contribution in [1.82, 2.24) is 5.32 Å². The van der Waals surface area contributed by atoms with Gasteiger partial charge in [-0.05, 0) is 42.4 Å². The Hall–Kier alpha value is -1.22. The van der Waals surface area contributed by atoms with Gasteiger partial charge in [0.1, 0.15) is 0 Å². The number of methoxy groups -OCH3 is 3. The number of nitrogens with zero attached hydrogens (tertiary/aromatic N) is 1. The second-order valence-corrected chi connectivity index (χ2v) is 6.69. The number of hydrogen-bond donors (Lipinski definition) is 2. The van der Waals surface area contributed by atoms with Crippen molar-refractivity contribution in [2.24, 2.45) is 16.1 Å². The smallest absolute Gasteiger partial charge is 0.188 e. The van der Waals surface area contributed by atoms with Crippen LogP contribution in [0.5, 0.6) is 11.5 Å². The third-order valence-electron chi connectivity index (χ3n) is 5.03. The summed E-state index contributed by atoms with van der Waals surface area (Å²) in [4.78, 5) is 4.45. The van der Waals surface area contributed by atoms with Gasteiger partial charge in [-0.1, -0.05) is 18.9 Å². The first-order valence-corrected chi connectivity index (χ1v) is 8.86. The number of aliphatic imine (C=N–C) groups is 1. The normalized spacial score (nSPS) is 16.0. The molecule has 0 spiro atoms. The average molecular weight is 477 g/mol. The molecule has 2 rings (SSSR count). The highest BCUT2D eigenvalue weighted by molar-refractivity contribution is 14.0. The molecule has 1 aromatic carbocycles. The Kier molecular flexibility index (Phi) is 10.1. The molecule has 6 nitrogen and oxygen atoms in total. The number of guanidine groups is 1. The molecule has 148 valence electrons. The van der Waals surface area contributed by atoms with Gasteiger partial charge in [-0.2, -0.15) is 0 Å². The SMILES string of the molecule is COCCC1(CNC(N)=NCc2ccc(OC)c(OC)c2)CCCC1.I. The van der Waals surface area contributed by atoms with E-state index in [0.717, 1.165) is 25.1 Å². The molecule has 0 heterocycles. The third kappa shape index (κ3) is 6.50. The standard InChI is InChI=1S/C19H31N3O3.HI/c1-23-11-10-19(8-4-5-9-19)14-22-18(20)21-13-15-6-7-16(24-2)17(12-15)25-3;/h6-7,12H,4-5,8-11,13-14H2,1-3H3,(H3,20,21,22);1H. The predicted octanol–water partition coefficient (Wildman–Crippen LogP) is 3.32. The fourth-order valence-corrected chi connectivity index (χ4v) is 3.45. The second kappa shape index (κ2) is 11.5. The van der Waals surface area contributed by atoms with Crippen molar-refractivity contribution in [2.45, 2.75) is 38.6 Å². The van der Waals surface area contributed by atoms with E-state index in [2.05, 4.69) is 10.3 Å². The number of halogens is 1. The Morgan fingerprint density at radius 2 is 1.85 bits per heavy atom. The monoisotopic (exact) mass is 477 g/mol. The predicted molar refractivity (Wildman–Crippen MR) is 116 cm³/mol. The summed E-state index contributed by atoms with van der Waals surface area (Å²) < 4.78 is 15.8. The average Bonchev–Trinajstić information content (AvgIpc) is 3.12. The van der Waals surface area contributed by atoms with Crippen LogP contribution in [0.15, 0.2) is 23.2 Å². The highest BCUT2D eigenvalue weighted by Gasteiger charge is 2.33. The van der Waals surface area contributed by atoms with Crippen LogP contribution in [0.25, 0.3) is 0 Å². The van der Waals surface area contributed by atoms with E-state index in [0.29, 0.717) is 29.4 Å². The number of nitrogens with one attached hydrogen (secondary N) is 1. The quantitative estimate of drug-likeness (QED) is 0.324. The van der Waals surface area contributed by atoms with Crippen LogP contribution >= 0.6 is 24.0 Å². The topological polar surface area (TPSA) is 78.1 Å². The van der Waals surface area contributed by atoms with E-state index < -0.39 is 0 Å². The van der Waals surface area contributed by atoms with Gasteiger partial charge in [-0.15, -0.1) is 24.0 Å². The lowest BCUT2D eigenvalue weighted by atomic mass is 9.83. The summed E-state index contributed by atoms with van der Waals surface area (Å²) in [5.74, 6) is 1.90. The van der Waals surface area contributed by atoms with Crippen LogP contribution in [0.4, 0.5) is 0 Å². The van der Waals surface area contributed by atoms with E-state index in [1.54, 1.807) is 21.3 Å². The summed E-state index contributed by atoms with van der Waals surface area (Å²) in [6, 6.07) is 5.77. The molecular formula is C19H32IN3O3. The second-order valence-electron chi connectivity index (χ2n) is 6.69. The number of hydrogen-bond acceptors (Lipinski definition) is 4. The van der Waals surface area contributed by atoms with Crippen LogP contribution < -0.4 is 20.5 Å². The van der Waals surface area contributed by atoms with Crippen molar-refractivity contribution in [3.63, 3.8) is 0 Å². The minimum atomic E-state index is 0. The lowest BCUT2D eigenvalue weighted by Gasteiger charge is -2.29. The Morgan fingerprint density at radius 1 is 1.15 bits per heavy atom. The maximum absolute atomic E-state index is 6.07.